The van der Waals surface area contributed by atoms with Crippen molar-refractivity contribution >= 4 is 5.69 Å². The maximum absolute atomic E-state index is 5.41. The van der Waals surface area contributed by atoms with Crippen molar-refractivity contribution in [2.45, 2.75) is 53.0 Å². The van der Waals surface area contributed by atoms with Gasteiger partial charge in [0, 0.05) is 17.2 Å². The molecule has 2 rings (SSSR count). The van der Waals surface area contributed by atoms with Gasteiger partial charge in [0.25, 0.3) is 0 Å². The van der Waals surface area contributed by atoms with E-state index in [1.54, 1.807) is 0 Å². The molecule has 0 aliphatic heterocycles. The predicted molar refractivity (Wildman–Crippen MR) is 83.1 cm³/mol. The number of nitrogens with zero attached hydrogens (tertiary/aromatic N) is 1. The van der Waals surface area contributed by atoms with Crippen LogP contribution in [0.15, 0.2) is 28.8 Å². The van der Waals surface area contributed by atoms with Crippen LogP contribution < -0.4 is 5.32 Å². The Labute approximate surface area is 121 Å². The molecule has 2 aromatic rings. The Kier molecular flexibility index (Phi) is 4.17. The van der Waals surface area contributed by atoms with E-state index < -0.39 is 0 Å². The van der Waals surface area contributed by atoms with E-state index in [2.05, 4.69) is 63.3 Å². The fourth-order valence-corrected chi connectivity index (χ4v) is 2.20. The third-order valence-electron chi connectivity index (χ3n) is 3.51. The van der Waals surface area contributed by atoms with Crippen molar-refractivity contribution in [2.75, 3.05) is 5.32 Å². The number of hydrogen-bond acceptors (Lipinski definition) is 3. The van der Waals surface area contributed by atoms with Crippen LogP contribution in [0.3, 0.4) is 0 Å². The van der Waals surface area contributed by atoms with Gasteiger partial charge in [-0.15, -0.1) is 0 Å². The van der Waals surface area contributed by atoms with Crippen molar-refractivity contribution in [1.82, 2.24) is 5.16 Å². The lowest BCUT2D eigenvalue weighted by atomic mass is 9.92. The number of nitrogens with one attached hydrogen (secondary N) is 1. The minimum absolute atomic E-state index is 0.0268. The fourth-order valence-electron chi connectivity index (χ4n) is 2.20. The second-order valence-electron chi connectivity index (χ2n) is 6.24. The fraction of sp³-hybridized carbons (Fsp3) is 0.471. The molecule has 0 saturated heterocycles. The van der Waals surface area contributed by atoms with Gasteiger partial charge in [-0.1, -0.05) is 51.1 Å². The summed E-state index contributed by atoms with van der Waals surface area (Å²) in [5, 5.41) is 7.63. The highest BCUT2D eigenvalue weighted by molar-refractivity contribution is 5.57. The van der Waals surface area contributed by atoms with Gasteiger partial charge < -0.3 is 9.84 Å². The quantitative estimate of drug-likeness (QED) is 0.893. The Morgan fingerprint density at radius 3 is 2.60 bits per heavy atom. The standard InChI is InChI=1S/C17H24N2O/c1-6-13-9-7-8-12(2)16(13)18-11-14-10-15(19-20-14)17(3,4)5/h7-10,18H,6,11H2,1-5H3. The molecule has 1 heterocycles. The minimum Gasteiger partial charge on any atom is -0.377 e. The van der Waals surface area contributed by atoms with E-state index in [0.717, 1.165) is 17.9 Å². The zero-order chi connectivity index (χ0) is 14.8. The average Bonchev–Trinajstić information content (AvgIpc) is 2.85. The highest BCUT2D eigenvalue weighted by Gasteiger charge is 2.18. The molecule has 0 atom stereocenters. The van der Waals surface area contributed by atoms with E-state index in [1.807, 2.05) is 6.07 Å². The van der Waals surface area contributed by atoms with Gasteiger partial charge in [0.1, 0.15) is 0 Å². The molecule has 1 aromatic carbocycles. The Balaban J connectivity index is 2.11. The van der Waals surface area contributed by atoms with Crippen LogP contribution in [-0.2, 0) is 18.4 Å². The van der Waals surface area contributed by atoms with Crippen molar-refractivity contribution in [3.05, 3.63) is 46.8 Å². The first kappa shape index (κ1) is 14.6. The van der Waals surface area contributed by atoms with Gasteiger partial charge in [-0.05, 0) is 24.5 Å². The molecule has 3 heteroatoms. The van der Waals surface area contributed by atoms with Crippen LogP contribution in [0, 0.1) is 6.92 Å². The molecular weight excluding hydrogens is 248 g/mol. The maximum atomic E-state index is 5.41. The van der Waals surface area contributed by atoms with Crippen LogP contribution in [-0.4, -0.2) is 5.16 Å². The summed E-state index contributed by atoms with van der Waals surface area (Å²) in [5.74, 6) is 0.875. The SMILES string of the molecule is CCc1cccc(C)c1NCc1cc(C(C)(C)C)no1. The maximum Gasteiger partial charge on any atom is 0.156 e. The molecule has 0 bridgehead atoms. The molecule has 0 aliphatic carbocycles. The summed E-state index contributed by atoms with van der Waals surface area (Å²) in [6, 6.07) is 8.43. The van der Waals surface area contributed by atoms with Gasteiger partial charge in [-0.3, -0.25) is 0 Å². The molecule has 0 radical (unpaired) electrons. The van der Waals surface area contributed by atoms with Gasteiger partial charge in [0.05, 0.1) is 12.2 Å². The molecule has 0 saturated carbocycles. The van der Waals surface area contributed by atoms with Gasteiger partial charge in [-0.25, -0.2) is 0 Å². The molecule has 3 nitrogen and oxygen atoms in total. The van der Waals surface area contributed by atoms with Crippen LogP contribution in [0.25, 0.3) is 0 Å². The van der Waals surface area contributed by atoms with Crippen molar-refractivity contribution in [1.29, 1.82) is 0 Å². The van der Waals surface area contributed by atoms with Gasteiger partial charge in [0.15, 0.2) is 5.76 Å². The topological polar surface area (TPSA) is 38.1 Å². The summed E-state index contributed by atoms with van der Waals surface area (Å²) in [5.41, 5.74) is 4.83. The monoisotopic (exact) mass is 272 g/mol. The lowest BCUT2D eigenvalue weighted by molar-refractivity contribution is 0.368. The van der Waals surface area contributed by atoms with Crippen LogP contribution in [0.2, 0.25) is 0 Å². The van der Waals surface area contributed by atoms with Gasteiger partial charge in [0.2, 0.25) is 0 Å². The predicted octanol–water partition coefficient (Wildman–Crippen LogP) is 4.46. The number of benzene rings is 1. The average molecular weight is 272 g/mol. The van der Waals surface area contributed by atoms with E-state index in [1.165, 1.54) is 16.8 Å². The van der Waals surface area contributed by atoms with Crippen molar-refractivity contribution < 1.29 is 4.52 Å². The summed E-state index contributed by atoms with van der Waals surface area (Å²) in [7, 11) is 0. The molecule has 0 unspecified atom stereocenters. The molecule has 0 amide bonds. The van der Waals surface area contributed by atoms with Crippen LogP contribution in [0.4, 0.5) is 5.69 Å². The first-order chi connectivity index (χ1) is 9.41. The number of hydrogen-bond donors (Lipinski definition) is 1. The summed E-state index contributed by atoms with van der Waals surface area (Å²) in [6.45, 7) is 11.4. The number of aryl methyl sites for hydroxylation is 2. The number of aromatic nitrogens is 1. The third kappa shape index (κ3) is 3.21. The lowest BCUT2D eigenvalue weighted by Gasteiger charge is -2.13. The van der Waals surface area contributed by atoms with E-state index in [0.29, 0.717) is 6.54 Å². The second kappa shape index (κ2) is 5.70. The number of para-hydroxylation sites is 1. The first-order valence-corrected chi connectivity index (χ1v) is 7.20. The summed E-state index contributed by atoms with van der Waals surface area (Å²) in [4.78, 5) is 0. The minimum atomic E-state index is 0.0268. The van der Waals surface area contributed by atoms with Crippen molar-refractivity contribution in [3.63, 3.8) is 0 Å². The van der Waals surface area contributed by atoms with Crippen LogP contribution >= 0.6 is 0 Å². The molecule has 0 fully saturated rings. The molecule has 0 aliphatic rings. The molecule has 1 aromatic heterocycles. The van der Waals surface area contributed by atoms with Crippen LogP contribution in [0.5, 0.6) is 0 Å². The van der Waals surface area contributed by atoms with Gasteiger partial charge in [-0.2, -0.15) is 0 Å². The molecular formula is C17H24N2O. The molecule has 0 spiro atoms. The summed E-state index contributed by atoms with van der Waals surface area (Å²) in [6.07, 6.45) is 1.02. The van der Waals surface area contributed by atoms with Crippen molar-refractivity contribution in [3.8, 4) is 0 Å². The highest BCUT2D eigenvalue weighted by Crippen LogP contribution is 2.24. The Morgan fingerprint density at radius 1 is 1.25 bits per heavy atom. The van der Waals surface area contributed by atoms with E-state index >= 15 is 0 Å². The largest absolute Gasteiger partial charge is 0.377 e. The normalized spacial score (nSPS) is 11.7. The zero-order valence-corrected chi connectivity index (χ0v) is 13.1. The van der Waals surface area contributed by atoms with Gasteiger partial charge >= 0.3 is 0 Å². The molecule has 20 heavy (non-hydrogen) atoms. The summed E-state index contributed by atoms with van der Waals surface area (Å²) < 4.78 is 5.41. The van der Waals surface area contributed by atoms with E-state index in [9.17, 15) is 0 Å². The highest BCUT2D eigenvalue weighted by atomic mass is 16.5. The van der Waals surface area contributed by atoms with E-state index in [-0.39, 0.29) is 5.41 Å². The third-order valence-corrected chi connectivity index (χ3v) is 3.51. The lowest BCUT2D eigenvalue weighted by Crippen LogP contribution is -2.11. The zero-order valence-electron chi connectivity index (χ0n) is 13.1. The summed E-state index contributed by atoms with van der Waals surface area (Å²) >= 11 is 0. The van der Waals surface area contributed by atoms with Crippen LogP contribution in [0.1, 0.15) is 50.3 Å². The number of rotatable bonds is 4. The molecule has 108 valence electrons. The number of anilines is 1. The Bertz CT molecular complexity index is 579. The second-order valence-corrected chi connectivity index (χ2v) is 6.24. The smallest absolute Gasteiger partial charge is 0.156 e. The molecule has 1 N–H and O–H groups in total. The van der Waals surface area contributed by atoms with E-state index in [4.69, 9.17) is 4.52 Å². The van der Waals surface area contributed by atoms with Crippen molar-refractivity contribution in [2.24, 2.45) is 0 Å². The first-order valence-electron chi connectivity index (χ1n) is 7.20. The Morgan fingerprint density at radius 2 is 2.00 bits per heavy atom. The Hall–Kier alpha value is -1.77.